The fraction of sp³-hybridized carbons (Fsp3) is 0.533. The van der Waals surface area contributed by atoms with E-state index in [1.165, 1.54) is 11.1 Å². The van der Waals surface area contributed by atoms with Crippen molar-refractivity contribution in [2.75, 3.05) is 6.54 Å². The van der Waals surface area contributed by atoms with Crippen molar-refractivity contribution < 1.29 is 4.79 Å². The van der Waals surface area contributed by atoms with Crippen LogP contribution in [0.2, 0.25) is 0 Å². The van der Waals surface area contributed by atoms with Crippen molar-refractivity contribution in [3.05, 3.63) is 34.9 Å². The number of hydrogen-bond acceptors (Lipinski definition) is 2. The van der Waals surface area contributed by atoms with Gasteiger partial charge in [0, 0.05) is 24.6 Å². The van der Waals surface area contributed by atoms with Crippen LogP contribution in [0.25, 0.3) is 0 Å². The Bertz CT molecular complexity index is 385. The van der Waals surface area contributed by atoms with Crippen molar-refractivity contribution >= 4 is 5.78 Å². The minimum Gasteiger partial charge on any atom is -0.314 e. The van der Waals surface area contributed by atoms with Gasteiger partial charge in [0.1, 0.15) is 0 Å². The first-order chi connectivity index (χ1) is 8.04. The number of nitrogens with one attached hydrogen (secondary N) is 1. The molecule has 0 aliphatic heterocycles. The molecule has 1 aromatic rings. The summed E-state index contributed by atoms with van der Waals surface area (Å²) in [6.45, 7) is 9.15. The molecule has 0 bridgehead atoms. The average molecular weight is 233 g/mol. The number of Topliss-reactive ketones (excluding diaryl/α,β-unsaturated/α-hetero) is 1. The Morgan fingerprint density at radius 2 is 2.00 bits per heavy atom. The molecule has 0 spiro atoms. The van der Waals surface area contributed by atoms with Crippen molar-refractivity contribution in [3.63, 3.8) is 0 Å². The average Bonchev–Trinajstić information content (AvgIpc) is 2.32. The second-order valence-electron chi connectivity index (χ2n) is 4.74. The Balaban J connectivity index is 2.50. The summed E-state index contributed by atoms with van der Waals surface area (Å²) in [4.78, 5) is 11.9. The molecule has 1 atom stereocenters. The van der Waals surface area contributed by atoms with Crippen LogP contribution in [0.5, 0.6) is 0 Å². The Morgan fingerprint density at radius 3 is 2.59 bits per heavy atom. The monoisotopic (exact) mass is 233 g/mol. The van der Waals surface area contributed by atoms with E-state index in [0.29, 0.717) is 12.5 Å². The molecule has 2 heteroatoms. The van der Waals surface area contributed by atoms with Crippen molar-refractivity contribution in [1.29, 1.82) is 0 Å². The predicted octanol–water partition coefficient (Wildman–Crippen LogP) is 3.26. The van der Waals surface area contributed by atoms with E-state index < -0.39 is 0 Å². The third-order valence-electron chi connectivity index (χ3n) is 3.29. The highest BCUT2D eigenvalue weighted by Gasteiger charge is 2.07. The standard InChI is InChI=1S/C15H23NO/c1-5-13(4)16-9-8-15(17)14-7-6-11(2)12(3)10-14/h6-7,10,13,16H,5,8-9H2,1-4H3. The summed E-state index contributed by atoms with van der Waals surface area (Å²) in [6, 6.07) is 6.42. The molecule has 0 heterocycles. The maximum absolute atomic E-state index is 11.9. The predicted molar refractivity (Wildman–Crippen MR) is 72.6 cm³/mol. The highest BCUT2D eigenvalue weighted by molar-refractivity contribution is 5.96. The largest absolute Gasteiger partial charge is 0.314 e. The zero-order chi connectivity index (χ0) is 12.8. The van der Waals surface area contributed by atoms with Crippen molar-refractivity contribution in [2.24, 2.45) is 0 Å². The first-order valence-corrected chi connectivity index (χ1v) is 6.38. The molecule has 0 saturated carbocycles. The van der Waals surface area contributed by atoms with Gasteiger partial charge in [-0.2, -0.15) is 0 Å². The lowest BCUT2D eigenvalue weighted by Gasteiger charge is -2.10. The van der Waals surface area contributed by atoms with E-state index in [-0.39, 0.29) is 5.78 Å². The van der Waals surface area contributed by atoms with Gasteiger partial charge in [-0.25, -0.2) is 0 Å². The molecule has 0 radical (unpaired) electrons. The number of benzene rings is 1. The first-order valence-electron chi connectivity index (χ1n) is 6.38. The van der Waals surface area contributed by atoms with Crippen LogP contribution in [0.4, 0.5) is 0 Å². The van der Waals surface area contributed by atoms with Crippen LogP contribution in [-0.4, -0.2) is 18.4 Å². The number of carbonyl (C=O) groups excluding carboxylic acids is 1. The highest BCUT2D eigenvalue weighted by Crippen LogP contribution is 2.11. The summed E-state index contributed by atoms with van der Waals surface area (Å²) in [7, 11) is 0. The summed E-state index contributed by atoms with van der Waals surface area (Å²) in [5, 5.41) is 3.34. The Labute approximate surface area is 104 Å². The second-order valence-corrected chi connectivity index (χ2v) is 4.74. The van der Waals surface area contributed by atoms with Gasteiger partial charge in [0.25, 0.3) is 0 Å². The maximum atomic E-state index is 11.9. The summed E-state index contributed by atoms with van der Waals surface area (Å²) in [6.07, 6.45) is 1.67. The van der Waals surface area contributed by atoms with E-state index in [2.05, 4.69) is 26.1 Å². The molecule has 1 unspecified atom stereocenters. The van der Waals surface area contributed by atoms with Gasteiger partial charge in [0.2, 0.25) is 0 Å². The van der Waals surface area contributed by atoms with Gasteiger partial charge in [0.15, 0.2) is 5.78 Å². The van der Waals surface area contributed by atoms with Crippen LogP contribution in [0.1, 0.15) is 48.2 Å². The SMILES string of the molecule is CCC(C)NCCC(=O)c1ccc(C)c(C)c1. The number of aryl methyl sites for hydroxylation is 2. The molecule has 1 rings (SSSR count). The van der Waals surface area contributed by atoms with E-state index >= 15 is 0 Å². The Kier molecular flexibility index (Phi) is 5.36. The Hall–Kier alpha value is -1.15. The van der Waals surface area contributed by atoms with Gasteiger partial charge in [-0.05, 0) is 44.4 Å². The summed E-state index contributed by atoms with van der Waals surface area (Å²) < 4.78 is 0. The number of ketones is 1. The molecule has 0 aliphatic rings. The molecule has 1 aromatic carbocycles. The van der Waals surface area contributed by atoms with Crippen molar-refractivity contribution in [1.82, 2.24) is 5.32 Å². The van der Waals surface area contributed by atoms with Crippen LogP contribution in [-0.2, 0) is 0 Å². The van der Waals surface area contributed by atoms with Crippen LogP contribution < -0.4 is 5.32 Å². The topological polar surface area (TPSA) is 29.1 Å². The normalized spacial score (nSPS) is 12.5. The van der Waals surface area contributed by atoms with Crippen molar-refractivity contribution in [3.8, 4) is 0 Å². The van der Waals surface area contributed by atoms with E-state index in [0.717, 1.165) is 18.5 Å². The van der Waals surface area contributed by atoms with Gasteiger partial charge >= 0.3 is 0 Å². The van der Waals surface area contributed by atoms with Gasteiger partial charge in [-0.15, -0.1) is 0 Å². The van der Waals surface area contributed by atoms with Crippen LogP contribution >= 0.6 is 0 Å². The fourth-order valence-electron chi connectivity index (χ4n) is 1.64. The van der Waals surface area contributed by atoms with Crippen LogP contribution in [0.15, 0.2) is 18.2 Å². The van der Waals surface area contributed by atoms with Crippen LogP contribution in [0.3, 0.4) is 0 Å². The van der Waals surface area contributed by atoms with E-state index in [1.54, 1.807) is 0 Å². The van der Waals surface area contributed by atoms with E-state index in [1.807, 2.05) is 25.1 Å². The third kappa shape index (κ3) is 4.31. The molecule has 0 aliphatic carbocycles. The highest BCUT2D eigenvalue weighted by atomic mass is 16.1. The molecule has 0 fully saturated rings. The lowest BCUT2D eigenvalue weighted by molar-refractivity contribution is 0.0981. The lowest BCUT2D eigenvalue weighted by atomic mass is 10.0. The molecule has 1 N–H and O–H groups in total. The third-order valence-corrected chi connectivity index (χ3v) is 3.29. The van der Waals surface area contributed by atoms with E-state index in [9.17, 15) is 4.79 Å². The van der Waals surface area contributed by atoms with Gasteiger partial charge in [-0.3, -0.25) is 4.79 Å². The number of hydrogen-bond donors (Lipinski definition) is 1. The van der Waals surface area contributed by atoms with Gasteiger partial charge in [-0.1, -0.05) is 19.1 Å². The molecular formula is C15H23NO. The van der Waals surface area contributed by atoms with E-state index in [4.69, 9.17) is 0 Å². The summed E-state index contributed by atoms with van der Waals surface area (Å²) in [5.41, 5.74) is 3.25. The zero-order valence-electron chi connectivity index (χ0n) is 11.3. The lowest BCUT2D eigenvalue weighted by Crippen LogP contribution is -2.27. The van der Waals surface area contributed by atoms with Crippen molar-refractivity contribution in [2.45, 2.75) is 46.6 Å². The maximum Gasteiger partial charge on any atom is 0.164 e. The summed E-state index contributed by atoms with van der Waals surface area (Å²) >= 11 is 0. The molecular weight excluding hydrogens is 210 g/mol. The molecule has 94 valence electrons. The van der Waals surface area contributed by atoms with Gasteiger partial charge in [0.05, 0.1) is 0 Å². The molecule has 0 amide bonds. The summed E-state index contributed by atoms with van der Waals surface area (Å²) in [5.74, 6) is 0.226. The van der Waals surface area contributed by atoms with Gasteiger partial charge < -0.3 is 5.32 Å². The minimum absolute atomic E-state index is 0.226. The second kappa shape index (κ2) is 6.55. The molecule has 2 nitrogen and oxygen atoms in total. The molecule has 0 saturated heterocycles. The molecule has 17 heavy (non-hydrogen) atoms. The zero-order valence-corrected chi connectivity index (χ0v) is 11.3. The number of carbonyl (C=O) groups is 1. The number of rotatable bonds is 6. The smallest absolute Gasteiger partial charge is 0.164 e. The quantitative estimate of drug-likeness (QED) is 0.764. The minimum atomic E-state index is 0.226. The Morgan fingerprint density at radius 1 is 1.29 bits per heavy atom. The van der Waals surface area contributed by atoms with Crippen LogP contribution in [0, 0.1) is 13.8 Å². The fourth-order valence-corrected chi connectivity index (χ4v) is 1.64. The first kappa shape index (κ1) is 13.9. The molecule has 0 aromatic heterocycles.